The van der Waals surface area contributed by atoms with E-state index in [-0.39, 0.29) is 23.2 Å². The molecule has 3 heterocycles. The third kappa shape index (κ3) is 4.37. The van der Waals surface area contributed by atoms with Crippen molar-refractivity contribution in [1.29, 1.82) is 0 Å². The summed E-state index contributed by atoms with van der Waals surface area (Å²) in [6.45, 7) is 11.7. The molecule has 1 aliphatic heterocycles. The zero-order valence-electron chi connectivity index (χ0n) is 17.4. The first kappa shape index (κ1) is 19.5. The van der Waals surface area contributed by atoms with Crippen molar-refractivity contribution in [2.24, 2.45) is 7.05 Å². The number of Topliss-reactive ketones (excluding diaryl/α,β-unsaturated/α-hetero) is 1. The fraction of sp³-hybridized carbons (Fsp3) is 0.619. The lowest BCUT2D eigenvalue weighted by atomic mass is 9.91. The van der Waals surface area contributed by atoms with E-state index in [4.69, 9.17) is 9.97 Å². The number of hydrogen-bond donors (Lipinski definition) is 0. The van der Waals surface area contributed by atoms with Crippen molar-refractivity contribution < 1.29 is 4.79 Å². The lowest BCUT2D eigenvalue weighted by Gasteiger charge is -2.28. The normalized spacial score (nSPS) is 17.7. The molecule has 3 rings (SSSR count). The van der Waals surface area contributed by atoms with E-state index in [1.165, 1.54) is 0 Å². The van der Waals surface area contributed by atoms with Crippen molar-refractivity contribution in [2.75, 3.05) is 11.4 Å². The van der Waals surface area contributed by atoms with E-state index in [0.717, 1.165) is 36.7 Å². The highest BCUT2D eigenvalue weighted by Gasteiger charge is 2.30. The van der Waals surface area contributed by atoms with Crippen LogP contribution in [-0.2, 0) is 12.5 Å². The fourth-order valence-corrected chi connectivity index (χ4v) is 3.49. The van der Waals surface area contributed by atoms with E-state index < -0.39 is 0 Å². The molecule has 0 N–H and O–H groups in total. The lowest BCUT2D eigenvalue weighted by molar-refractivity contribution is 0.0974. The van der Waals surface area contributed by atoms with Crippen molar-refractivity contribution >= 4 is 11.6 Å². The van der Waals surface area contributed by atoms with Gasteiger partial charge in [0.25, 0.3) is 0 Å². The van der Waals surface area contributed by atoms with Crippen LogP contribution in [0.2, 0.25) is 0 Å². The lowest BCUT2D eigenvalue weighted by Crippen LogP contribution is -2.33. The van der Waals surface area contributed by atoms with Gasteiger partial charge in [-0.05, 0) is 12.8 Å². The largest absolute Gasteiger partial charge is 0.353 e. The van der Waals surface area contributed by atoms with E-state index in [0.29, 0.717) is 12.0 Å². The smallest absolute Gasteiger partial charge is 0.168 e. The van der Waals surface area contributed by atoms with Gasteiger partial charge in [0, 0.05) is 49.7 Å². The third-order valence-electron chi connectivity index (χ3n) is 5.13. The molecule has 2 aromatic heterocycles. The summed E-state index contributed by atoms with van der Waals surface area (Å²) in [7, 11) is 1.83. The van der Waals surface area contributed by atoms with Crippen LogP contribution in [0.4, 0.5) is 5.82 Å². The molecule has 0 spiro atoms. The van der Waals surface area contributed by atoms with Crippen molar-refractivity contribution in [2.45, 2.75) is 71.3 Å². The maximum absolute atomic E-state index is 12.7. The van der Waals surface area contributed by atoms with Gasteiger partial charge in [-0.1, -0.05) is 34.6 Å². The van der Waals surface area contributed by atoms with Crippen LogP contribution < -0.4 is 4.90 Å². The van der Waals surface area contributed by atoms with Gasteiger partial charge >= 0.3 is 0 Å². The van der Waals surface area contributed by atoms with Crippen LogP contribution in [0.5, 0.6) is 0 Å². The second kappa shape index (κ2) is 7.41. The maximum atomic E-state index is 12.7. The molecule has 0 bridgehead atoms. The Labute approximate surface area is 162 Å². The summed E-state index contributed by atoms with van der Waals surface area (Å²) in [6, 6.07) is 2.29. The Bertz CT molecular complexity index is 818. The first-order chi connectivity index (χ1) is 12.6. The number of nitrogens with zero attached hydrogens (tertiary/aromatic N) is 5. The topological polar surface area (TPSA) is 63.9 Å². The number of aromatic nitrogens is 4. The van der Waals surface area contributed by atoms with E-state index in [9.17, 15) is 4.79 Å². The number of anilines is 1. The standard InChI is InChI=1S/C21H31N5O/c1-14(2)20-23-18(21(3,4)5)11-19(24-20)26-9-7-8-16(26)10-17(27)15-12-22-25(6)13-15/h11-14,16H,7-10H2,1-6H3. The Balaban J connectivity index is 1.87. The maximum Gasteiger partial charge on any atom is 0.168 e. The molecular weight excluding hydrogens is 338 g/mol. The average Bonchev–Trinajstić information content (AvgIpc) is 3.22. The molecule has 6 heteroatoms. The highest BCUT2D eigenvalue weighted by Crippen LogP contribution is 2.31. The molecule has 1 saturated heterocycles. The van der Waals surface area contributed by atoms with Crippen LogP contribution in [0.1, 0.15) is 81.7 Å². The minimum atomic E-state index is -0.0396. The minimum absolute atomic E-state index is 0.0396. The van der Waals surface area contributed by atoms with E-state index in [1.807, 2.05) is 7.05 Å². The molecule has 2 aromatic rings. The minimum Gasteiger partial charge on any atom is -0.353 e. The molecule has 27 heavy (non-hydrogen) atoms. The van der Waals surface area contributed by atoms with E-state index >= 15 is 0 Å². The monoisotopic (exact) mass is 369 g/mol. The van der Waals surface area contributed by atoms with Gasteiger partial charge in [-0.3, -0.25) is 9.48 Å². The predicted octanol–water partition coefficient (Wildman–Crippen LogP) is 3.87. The van der Waals surface area contributed by atoms with Crippen LogP contribution in [0.15, 0.2) is 18.5 Å². The van der Waals surface area contributed by atoms with Crippen LogP contribution in [-0.4, -0.2) is 38.1 Å². The number of ketones is 1. The second-order valence-corrected chi connectivity index (χ2v) is 8.89. The molecule has 146 valence electrons. The van der Waals surface area contributed by atoms with Gasteiger partial charge in [0.2, 0.25) is 0 Å². The molecular formula is C21H31N5O. The molecule has 6 nitrogen and oxygen atoms in total. The predicted molar refractivity (Wildman–Crippen MR) is 107 cm³/mol. The molecule has 0 radical (unpaired) electrons. The summed E-state index contributed by atoms with van der Waals surface area (Å²) in [5.41, 5.74) is 1.70. The van der Waals surface area contributed by atoms with Gasteiger partial charge in [0.15, 0.2) is 5.78 Å². The summed E-state index contributed by atoms with van der Waals surface area (Å²) < 4.78 is 1.68. The van der Waals surface area contributed by atoms with Crippen LogP contribution in [0, 0.1) is 0 Å². The Kier molecular flexibility index (Phi) is 5.36. The van der Waals surface area contributed by atoms with Crippen LogP contribution in [0.25, 0.3) is 0 Å². The fourth-order valence-electron chi connectivity index (χ4n) is 3.49. The molecule has 1 aliphatic rings. The van der Waals surface area contributed by atoms with E-state index in [2.05, 4.69) is 50.7 Å². The number of rotatable bonds is 5. The Morgan fingerprint density at radius 1 is 1.30 bits per heavy atom. The summed E-state index contributed by atoms with van der Waals surface area (Å²) in [5, 5.41) is 4.12. The summed E-state index contributed by atoms with van der Waals surface area (Å²) >= 11 is 0. The third-order valence-corrected chi connectivity index (χ3v) is 5.13. The summed E-state index contributed by atoms with van der Waals surface area (Å²) in [4.78, 5) is 24.6. The highest BCUT2D eigenvalue weighted by atomic mass is 16.1. The van der Waals surface area contributed by atoms with E-state index in [1.54, 1.807) is 17.1 Å². The molecule has 0 aliphatic carbocycles. The zero-order valence-corrected chi connectivity index (χ0v) is 17.4. The molecule has 1 fully saturated rings. The zero-order chi connectivity index (χ0) is 19.8. The quantitative estimate of drug-likeness (QED) is 0.749. The average molecular weight is 370 g/mol. The Morgan fingerprint density at radius 2 is 2.04 bits per heavy atom. The van der Waals surface area contributed by atoms with Gasteiger partial charge < -0.3 is 4.90 Å². The first-order valence-corrected chi connectivity index (χ1v) is 9.83. The molecule has 0 amide bonds. The van der Waals surface area contributed by atoms with Gasteiger partial charge in [0.05, 0.1) is 17.5 Å². The highest BCUT2D eigenvalue weighted by molar-refractivity contribution is 5.96. The number of carbonyl (C=O) groups is 1. The Morgan fingerprint density at radius 3 is 2.63 bits per heavy atom. The van der Waals surface area contributed by atoms with Gasteiger partial charge in [-0.2, -0.15) is 5.10 Å². The number of aryl methyl sites for hydroxylation is 1. The SMILES string of the molecule is CC(C)c1nc(N2CCCC2CC(=O)c2cnn(C)c2)cc(C(C)(C)C)n1. The number of carbonyl (C=O) groups excluding carboxylic acids is 1. The Hall–Kier alpha value is -2.24. The second-order valence-electron chi connectivity index (χ2n) is 8.89. The molecule has 0 aromatic carbocycles. The van der Waals surface area contributed by atoms with Crippen molar-refractivity contribution in [3.05, 3.63) is 35.5 Å². The van der Waals surface area contributed by atoms with Crippen LogP contribution >= 0.6 is 0 Å². The first-order valence-electron chi connectivity index (χ1n) is 9.83. The van der Waals surface area contributed by atoms with Crippen molar-refractivity contribution in [3.63, 3.8) is 0 Å². The van der Waals surface area contributed by atoms with Gasteiger partial charge in [-0.25, -0.2) is 9.97 Å². The molecule has 1 unspecified atom stereocenters. The summed E-state index contributed by atoms with van der Waals surface area (Å²) in [5.74, 6) is 2.25. The van der Waals surface area contributed by atoms with Gasteiger partial charge in [0.1, 0.15) is 11.6 Å². The van der Waals surface area contributed by atoms with Crippen molar-refractivity contribution in [3.8, 4) is 0 Å². The molecule has 1 atom stereocenters. The van der Waals surface area contributed by atoms with Crippen molar-refractivity contribution in [1.82, 2.24) is 19.7 Å². The number of hydrogen-bond acceptors (Lipinski definition) is 5. The molecule has 0 saturated carbocycles. The van der Waals surface area contributed by atoms with Gasteiger partial charge in [-0.15, -0.1) is 0 Å². The summed E-state index contributed by atoms with van der Waals surface area (Å²) in [6.07, 6.45) is 6.04. The van der Waals surface area contributed by atoms with Crippen LogP contribution in [0.3, 0.4) is 0 Å².